The van der Waals surface area contributed by atoms with Gasteiger partial charge in [-0.25, -0.2) is 9.37 Å². The molecule has 2 aromatic carbocycles. The van der Waals surface area contributed by atoms with Gasteiger partial charge in [-0.3, -0.25) is 0 Å². The topological polar surface area (TPSA) is 30.7 Å². The Morgan fingerprint density at radius 2 is 1.92 bits per heavy atom. The standard InChI is InChI=1S/C19H16FN3S/c1-12(2)23-10-9-13-11-14(7-8-17(13)23)18-21-19(24-22-18)15-5-3-4-6-16(15)20/h3-12H,1-2H3. The summed E-state index contributed by atoms with van der Waals surface area (Å²) in [5, 5.41) is 1.76. The van der Waals surface area contributed by atoms with Crippen molar-refractivity contribution in [3.63, 3.8) is 0 Å². The number of nitrogens with zero attached hydrogens (tertiary/aromatic N) is 3. The van der Waals surface area contributed by atoms with Crippen molar-refractivity contribution in [3.05, 3.63) is 60.5 Å². The monoisotopic (exact) mass is 337 g/mol. The molecule has 5 heteroatoms. The van der Waals surface area contributed by atoms with Crippen LogP contribution in [0.5, 0.6) is 0 Å². The molecule has 0 amide bonds. The molecule has 0 aliphatic rings. The van der Waals surface area contributed by atoms with Gasteiger partial charge in [-0.05, 0) is 61.8 Å². The zero-order chi connectivity index (χ0) is 16.7. The maximum absolute atomic E-state index is 13.9. The number of hydrogen-bond acceptors (Lipinski definition) is 3. The minimum atomic E-state index is -0.273. The third-order valence-corrected chi connectivity index (χ3v) is 4.81. The predicted molar refractivity (Wildman–Crippen MR) is 96.6 cm³/mol. The molecule has 2 heterocycles. The van der Waals surface area contributed by atoms with Crippen LogP contribution in [0.3, 0.4) is 0 Å². The Morgan fingerprint density at radius 1 is 1.08 bits per heavy atom. The van der Waals surface area contributed by atoms with Crippen LogP contribution >= 0.6 is 11.5 Å². The van der Waals surface area contributed by atoms with E-state index in [9.17, 15) is 4.39 Å². The van der Waals surface area contributed by atoms with Crippen molar-refractivity contribution in [2.24, 2.45) is 0 Å². The van der Waals surface area contributed by atoms with E-state index in [4.69, 9.17) is 0 Å². The van der Waals surface area contributed by atoms with Crippen molar-refractivity contribution in [2.45, 2.75) is 19.9 Å². The molecule has 0 fully saturated rings. The zero-order valence-electron chi connectivity index (χ0n) is 13.4. The largest absolute Gasteiger partial charge is 0.345 e. The summed E-state index contributed by atoms with van der Waals surface area (Å²) < 4.78 is 20.6. The fourth-order valence-corrected chi connectivity index (χ4v) is 3.55. The van der Waals surface area contributed by atoms with Crippen molar-refractivity contribution in [1.82, 2.24) is 13.9 Å². The molecule has 0 bridgehead atoms. The summed E-state index contributed by atoms with van der Waals surface area (Å²) in [5.74, 6) is 0.363. The van der Waals surface area contributed by atoms with E-state index in [-0.39, 0.29) is 5.82 Å². The first-order valence-corrected chi connectivity index (χ1v) is 8.60. The molecule has 3 nitrogen and oxygen atoms in total. The van der Waals surface area contributed by atoms with Crippen LogP contribution in [0, 0.1) is 5.82 Å². The van der Waals surface area contributed by atoms with E-state index in [2.05, 4.69) is 52.2 Å². The number of fused-ring (bicyclic) bond motifs is 1. The van der Waals surface area contributed by atoms with Crippen LogP contribution in [-0.2, 0) is 0 Å². The lowest BCUT2D eigenvalue weighted by Gasteiger charge is -2.09. The number of hydrogen-bond donors (Lipinski definition) is 0. The Hall–Kier alpha value is -2.53. The normalized spacial score (nSPS) is 11.5. The molecular formula is C19H16FN3S. The van der Waals surface area contributed by atoms with E-state index in [0.717, 1.165) is 10.9 Å². The van der Waals surface area contributed by atoms with Crippen LogP contribution < -0.4 is 0 Å². The quantitative estimate of drug-likeness (QED) is 0.491. The van der Waals surface area contributed by atoms with Crippen LogP contribution in [-0.4, -0.2) is 13.9 Å². The van der Waals surface area contributed by atoms with Gasteiger partial charge in [-0.15, -0.1) is 0 Å². The van der Waals surface area contributed by atoms with E-state index < -0.39 is 0 Å². The van der Waals surface area contributed by atoms with Gasteiger partial charge < -0.3 is 4.57 Å². The Labute approximate surface area is 143 Å². The Bertz CT molecular complexity index is 1020. The highest BCUT2D eigenvalue weighted by Crippen LogP contribution is 2.30. The van der Waals surface area contributed by atoms with E-state index >= 15 is 0 Å². The lowest BCUT2D eigenvalue weighted by atomic mass is 10.1. The molecule has 0 saturated heterocycles. The Morgan fingerprint density at radius 3 is 2.71 bits per heavy atom. The average molecular weight is 337 g/mol. The van der Waals surface area contributed by atoms with Gasteiger partial charge in [0.15, 0.2) is 5.82 Å². The van der Waals surface area contributed by atoms with E-state index in [1.54, 1.807) is 18.2 Å². The van der Waals surface area contributed by atoms with Gasteiger partial charge in [0.1, 0.15) is 10.8 Å². The molecule has 0 aliphatic carbocycles. The van der Waals surface area contributed by atoms with Gasteiger partial charge in [-0.1, -0.05) is 12.1 Å². The van der Waals surface area contributed by atoms with Crippen LogP contribution in [0.4, 0.5) is 4.39 Å². The smallest absolute Gasteiger partial charge is 0.173 e. The van der Waals surface area contributed by atoms with Crippen molar-refractivity contribution in [1.29, 1.82) is 0 Å². The second-order valence-electron chi connectivity index (χ2n) is 5.99. The second kappa shape index (κ2) is 5.83. The lowest BCUT2D eigenvalue weighted by molar-refractivity contribution is 0.623. The zero-order valence-corrected chi connectivity index (χ0v) is 14.2. The summed E-state index contributed by atoms with van der Waals surface area (Å²) in [6.07, 6.45) is 2.10. The summed E-state index contributed by atoms with van der Waals surface area (Å²) in [6, 6.07) is 15.4. The molecule has 4 aromatic rings. The molecule has 0 radical (unpaired) electrons. The van der Waals surface area contributed by atoms with Crippen molar-refractivity contribution in [2.75, 3.05) is 0 Å². The highest BCUT2D eigenvalue weighted by Gasteiger charge is 2.13. The molecule has 24 heavy (non-hydrogen) atoms. The lowest BCUT2D eigenvalue weighted by Crippen LogP contribution is -1.97. The highest BCUT2D eigenvalue weighted by atomic mass is 32.1. The van der Waals surface area contributed by atoms with Crippen molar-refractivity contribution >= 4 is 22.4 Å². The van der Waals surface area contributed by atoms with Gasteiger partial charge in [0.05, 0.1) is 0 Å². The fourth-order valence-electron chi connectivity index (χ4n) is 2.84. The average Bonchev–Trinajstić information content (AvgIpc) is 3.21. The van der Waals surface area contributed by atoms with Crippen molar-refractivity contribution < 1.29 is 4.39 Å². The first kappa shape index (κ1) is 15.0. The third-order valence-electron chi connectivity index (χ3n) is 4.07. The highest BCUT2D eigenvalue weighted by molar-refractivity contribution is 7.09. The molecule has 0 N–H and O–H groups in total. The summed E-state index contributed by atoms with van der Waals surface area (Å²) in [4.78, 5) is 4.52. The first-order valence-electron chi connectivity index (χ1n) is 7.83. The van der Waals surface area contributed by atoms with Crippen LogP contribution in [0.15, 0.2) is 54.7 Å². The molecule has 0 spiro atoms. The Kier molecular flexibility index (Phi) is 3.65. The number of halogens is 1. The minimum Gasteiger partial charge on any atom is -0.345 e. The SMILES string of the molecule is CC(C)n1ccc2cc(-c3nsc(-c4ccccc4F)n3)ccc21. The maximum atomic E-state index is 13.9. The number of aromatic nitrogens is 3. The molecule has 2 aromatic heterocycles. The molecule has 120 valence electrons. The maximum Gasteiger partial charge on any atom is 0.173 e. The molecule has 0 atom stereocenters. The molecule has 4 rings (SSSR count). The predicted octanol–water partition coefficient (Wildman–Crippen LogP) is 5.55. The fraction of sp³-hybridized carbons (Fsp3) is 0.158. The van der Waals surface area contributed by atoms with E-state index in [1.165, 1.54) is 23.1 Å². The van der Waals surface area contributed by atoms with Crippen molar-refractivity contribution in [3.8, 4) is 22.0 Å². The minimum absolute atomic E-state index is 0.273. The van der Waals surface area contributed by atoms with Gasteiger partial charge in [0.25, 0.3) is 0 Å². The van der Waals surface area contributed by atoms with Crippen LogP contribution in [0.1, 0.15) is 19.9 Å². The summed E-state index contributed by atoms with van der Waals surface area (Å²) in [6.45, 7) is 4.33. The third kappa shape index (κ3) is 2.51. The number of rotatable bonds is 3. The van der Waals surface area contributed by atoms with Gasteiger partial charge in [-0.2, -0.15) is 4.37 Å². The molecule has 0 unspecified atom stereocenters. The second-order valence-corrected chi connectivity index (χ2v) is 6.75. The van der Waals surface area contributed by atoms with E-state index in [1.807, 2.05) is 6.07 Å². The summed E-state index contributed by atoms with van der Waals surface area (Å²) >= 11 is 1.22. The Balaban J connectivity index is 1.75. The first-order chi connectivity index (χ1) is 11.6. The van der Waals surface area contributed by atoms with Crippen LogP contribution in [0.2, 0.25) is 0 Å². The molecule has 0 saturated carbocycles. The molecular weight excluding hydrogens is 321 g/mol. The van der Waals surface area contributed by atoms with Gasteiger partial charge >= 0.3 is 0 Å². The van der Waals surface area contributed by atoms with Crippen LogP contribution in [0.25, 0.3) is 32.9 Å². The molecule has 0 aliphatic heterocycles. The van der Waals surface area contributed by atoms with Gasteiger partial charge in [0, 0.05) is 34.3 Å². The summed E-state index contributed by atoms with van der Waals surface area (Å²) in [5.41, 5.74) is 2.63. The summed E-state index contributed by atoms with van der Waals surface area (Å²) in [7, 11) is 0. The number of benzene rings is 2. The van der Waals surface area contributed by atoms with E-state index in [0.29, 0.717) is 22.4 Å². The van der Waals surface area contributed by atoms with Gasteiger partial charge in [0.2, 0.25) is 0 Å².